The Kier molecular flexibility index (Phi) is 6.90. The van der Waals surface area contributed by atoms with Crippen molar-refractivity contribution in [3.63, 3.8) is 0 Å². The van der Waals surface area contributed by atoms with E-state index in [2.05, 4.69) is 5.10 Å². The maximum atomic E-state index is 13.3. The number of hydrazone groups is 1. The van der Waals surface area contributed by atoms with Crippen LogP contribution in [0.5, 0.6) is 5.75 Å². The Labute approximate surface area is 197 Å². The molecule has 32 heavy (non-hydrogen) atoms. The largest absolute Gasteiger partial charge is 0.497 e. The summed E-state index contributed by atoms with van der Waals surface area (Å²) in [6.07, 6.45) is 2.97. The fraction of sp³-hybridized carbons (Fsp3) is 0.391. The quantitative estimate of drug-likeness (QED) is 0.475. The molecular formula is C23H26Cl2N4O3. The number of carbonyl (C=O) groups excluding carboxylic acids is 1. The van der Waals surface area contributed by atoms with Gasteiger partial charge in [0, 0.05) is 24.0 Å². The predicted octanol–water partition coefficient (Wildman–Crippen LogP) is 5.17. The maximum Gasteiger partial charge on any atom is 0.309 e. The van der Waals surface area contributed by atoms with E-state index in [-0.39, 0.29) is 17.7 Å². The van der Waals surface area contributed by atoms with Crippen molar-refractivity contribution in [1.82, 2.24) is 10.2 Å². The Balaban J connectivity index is 1.71. The molecule has 2 unspecified atom stereocenters. The fourth-order valence-corrected chi connectivity index (χ4v) is 4.76. The number of hydrogen-bond donors (Lipinski definition) is 1. The molecule has 2 aromatic carbocycles. The van der Waals surface area contributed by atoms with Gasteiger partial charge in [0.15, 0.2) is 0 Å². The van der Waals surface area contributed by atoms with Crippen LogP contribution in [-0.2, 0) is 4.79 Å². The number of nitrogens with zero attached hydrogens (tertiary/aromatic N) is 4. The molecule has 1 saturated heterocycles. The zero-order valence-electron chi connectivity index (χ0n) is 18.0. The van der Waals surface area contributed by atoms with E-state index in [1.807, 2.05) is 31.2 Å². The highest BCUT2D eigenvalue weighted by molar-refractivity contribution is 6.40. The standard InChI is InChI=1S/C23H26Cl2N4O3/c1-15-21(23(30)29(31)27-12-4-3-5-13-27)26-28(20-11-8-17(24)14-19(20)25)22(15)16-6-9-18(32-2)10-7-16/h6-11,14-15,22,31H,3-5,12-13H2,1-2H3. The minimum Gasteiger partial charge on any atom is -0.497 e. The van der Waals surface area contributed by atoms with Crippen LogP contribution in [0.4, 0.5) is 5.69 Å². The van der Waals surface area contributed by atoms with Gasteiger partial charge in [-0.1, -0.05) is 48.7 Å². The second kappa shape index (κ2) is 9.67. The number of hydroxylamine groups is 1. The zero-order chi connectivity index (χ0) is 22.8. The molecule has 170 valence electrons. The average molecular weight is 477 g/mol. The third-order valence-corrected chi connectivity index (χ3v) is 6.54. The van der Waals surface area contributed by atoms with Crippen LogP contribution >= 0.6 is 23.2 Å². The van der Waals surface area contributed by atoms with Crippen LogP contribution in [0.15, 0.2) is 47.6 Å². The first-order chi connectivity index (χ1) is 15.4. The maximum absolute atomic E-state index is 13.3. The molecule has 0 bridgehead atoms. The van der Waals surface area contributed by atoms with Gasteiger partial charge in [-0.15, -0.1) is 5.17 Å². The molecule has 1 amide bonds. The number of anilines is 1. The number of benzene rings is 2. The molecule has 2 aliphatic heterocycles. The van der Waals surface area contributed by atoms with Crippen LogP contribution in [0.25, 0.3) is 0 Å². The highest BCUT2D eigenvalue weighted by Gasteiger charge is 2.42. The van der Waals surface area contributed by atoms with Gasteiger partial charge in [-0.05, 0) is 48.7 Å². The number of piperidine rings is 1. The van der Waals surface area contributed by atoms with E-state index in [1.165, 1.54) is 0 Å². The van der Waals surface area contributed by atoms with E-state index in [9.17, 15) is 10.0 Å². The van der Waals surface area contributed by atoms with Gasteiger partial charge >= 0.3 is 5.91 Å². The molecule has 0 aliphatic carbocycles. The normalized spacial score (nSPS) is 21.4. The van der Waals surface area contributed by atoms with Crippen molar-refractivity contribution < 1.29 is 14.7 Å². The summed E-state index contributed by atoms with van der Waals surface area (Å²) in [7, 11) is 1.61. The van der Waals surface area contributed by atoms with E-state index >= 15 is 0 Å². The van der Waals surface area contributed by atoms with E-state index in [1.54, 1.807) is 35.3 Å². The summed E-state index contributed by atoms with van der Waals surface area (Å²) >= 11 is 12.6. The first-order valence-electron chi connectivity index (χ1n) is 10.7. The van der Waals surface area contributed by atoms with Crippen molar-refractivity contribution in [3.05, 3.63) is 58.1 Å². The Hall–Kier alpha value is -2.32. The van der Waals surface area contributed by atoms with Gasteiger partial charge in [-0.25, -0.2) is 0 Å². The molecule has 0 aromatic heterocycles. The SMILES string of the molecule is COc1ccc(C2C(C)C(C(=O)N(O)N3CCCCC3)=NN2c2ccc(Cl)cc2Cl)cc1. The summed E-state index contributed by atoms with van der Waals surface area (Å²) in [5.74, 6) is -0.0908. The molecule has 0 radical (unpaired) electrons. The lowest BCUT2D eigenvalue weighted by atomic mass is 9.91. The van der Waals surface area contributed by atoms with Gasteiger partial charge in [0.2, 0.25) is 0 Å². The van der Waals surface area contributed by atoms with E-state index < -0.39 is 5.91 Å². The molecule has 0 saturated carbocycles. The lowest BCUT2D eigenvalue weighted by molar-refractivity contribution is -0.235. The second-order valence-electron chi connectivity index (χ2n) is 8.04. The Bertz CT molecular complexity index is 1010. The topological polar surface area (TPSA) is 68.6 Å². The summed E-state index contributed by atoms with van der Waals surface area (Å²) in [6.45, 7) is 3.20. The third-order valence-electron chi connectivity index (χ3n) is 6.00. The molecule has 2 aliphatic rings. The molecule has 1 fully saturated rings. The van der Waals surface area contributed by atoms with Gasteiger partial charge in [0.1, 0.15) is 11.5 Å². The highest BCUT2D eigenvalue weighted by atomic mass is 35.5. The fourth-order valence-electron chi connectivity index (χ4n) is 4.27. The molecule has 2 aromatic rings. The number of halogens is 2. The van der Waals surface area contributed by atoms with E-state index in [0.717, 1.165) is 35.7 Å². The van der Waals surface area contributed by atoms with Crippen LogP contribution in [0.1, 0.15) is 37.8 Å². The van der Waals surface area contributed by atoms with Gasteiger partial charge in [0.05, 0.1) is 23.9 Å². The number of methoxy groups -OCH3 is 1. The van der Waals surface area contributed by atoms with Crippen LogP contribution in [0.3, 0.4) is 0 Å². The molecule has 7 nitrogen and oxygen atoms in total. The first-order valence-corrected chi connectivity index (χ1v) is 11.4. The van der Waals surface area contributed by atoms with Crippen molar-refractivity contribution in [1.29, 1.82) is 0 Å². The number of hydrazine groups is 1. The summed E-state index contributed by atoms with van der Waals surface area (Å²) < 4.78 is 5.28. The van der Waals surface area contributed by atoms with Crippen LogP contribution in [0, 0.1) is 5.92 Å². The van der Waals surface area contributed by atoms with Crippen molar-refractivity contribution in [2.45, 2.75) is 32.2 Å². The number of ether oxygens (including phenoxy) is 1. The molecule has 2 heterocycles. The van der Waals surface area contributed by atoms with Crippen molar-refractivity contribution in [2.24, 2.45) is 11.0 Å². The van der Waals surface area contributed by atoms with Gasteiger partial charge in [-0.2, -0.15) is 10.1 Å². The number of carbonyl (C=O) groups is 1. The van der Waals surface area contributed by atoms with Crippen molar-refractivity contribution in [3.8, 4) is 5.75 Å². The van der Waals surface area contributed by atoms with Gasteiger partial charge in [0.25, 0.3) is 0 Å². The van der Waals surface area contributed by atoms with Gasteiger partial charge in [-0.3, -0.25) is 15.0 Å². The predicted molar refractivity (Wildman–Crippen MR) is 125 cm³/mol. The Morgan fingerprint density at radius 3 is 2.44 bits per heavy atom. The Morgan fingerprint density at radius 2 is 1.81 bits per heavy atom. The summed E-state index contributed by atoms with van der Waals surface area (Å²) in [6, 6.07) is 12.5. The van der Waals surface area contributed by atoms with Crippen molar-refractivity contribution in [2.75, 3.05) is 25.2 Å². The molecule has 4 rings (SSSR count). The monoisotopic (exact) mass is 476 g/mol. The second-order valence-corrected chi connectivity index (χ2v) is 8.88. The lowest BCUT2D eigenvalue weighted by Crippen LogP contribution is -2.50. The lowest BCUT2D eigenvalue weighted by Gasteiger charge is -2.32. The van der Waals surface area contributed by atoms with E-state index in [4.69, 9.17) is 27.9 Å². The number of hydrogen-bond acceptors (Lipinski definition) is 6. The highest BCUT2D eigenvalue weighted by Crippen LogP contribution is 2.43. The molecule has 2 atom stereocenters. The molecule has 1 N–H and O–H groups in total. The molecule has 9 heteroatoms. The molecule has 0 spiro atoms. The van der Waals surface area contributed by atoms with E-state index in [0.29, 0.717) is 28.8 Å². The van der Waals surface area contributed by atoms with Crippen LogP contribution in [0.2, 0.25) is 10.0 Å². The van der Waals surface area contributed by atoms with Crippen LogP contribution in [-0.4, -0.2) is 47.2 Å². The van der Waals surface area contributed by atoms with Crippen molar-refractivity contribution >= 4 is 40.5 Å². The third kappa shape index (κ3) is 4.43. The smallest absolute Gasteiger partial charge is 0.309 e. The molecular weight excluding hydrogens is 451 g/mol. The summed E-state index contributed by atoms with van der Waals surface area (Å²) in [5.41, 5.74) is 1.84. The minimum atomic E-state index is -0.523. The minimum absolute atomic E-state index is 0.268. The average Bonchev–Trinajstić information content (AvgIpc) is 3.15. The Morgan fingerprint density at radius 1 is 1.12 bits per heavy atom. The number of amides is 1. The number of rotatable bonds is 5. The van der Waals surface area contributed by atoms with Gasteiger partial charge < -0.3 is 4.74 Å². The first kappa shape index (κ1) is 22.9. The summed E-state index contributed by atoms with van der Waals surface area (Å²) in [5, 5.41) is 20.4. The summed E-state index contributed by atoms with van der Waals surface area (Å²) in [4.78, 5) is 13.3. The zero-order valence-corrected chi connectivity index (χ0v) is 19.6. The van der Waals surface area contributed by atoms with Crippen LogP contribution < -0.4 is 9.75 Å².